The molecule has 2 aliphatic rings. The van der Waals surface area contributed by atoms with Crippen molar-refractivity contribution in [3.05, 3.63) is 63.5 Å². The van der Waals surface area contributed by atoms with E-state index in [1.54, 1.807) is 4.90 Å². The smallest absolute Gasteiger partial charge is 0.295 e. The van der Waals surface area contributed by atoms with Crippen LogP contribution in [0, 0.1) is 27.7 Å². The molecule has 2 aromatic rings. The van der Waals surface area contributed by atoms with Gasteiger partial charge in [0.1, 0.15) is 5.76 Å². The zero-order valence-electron chi connectivity index (χ0n) is 19.5. The first-order chi connectivity index (χ1) is 15.3. The Morgan fingerprint density at radius 1 is 0.969 bits per heavy atom. The number of benzene rings is 1. The van der Waals surface area contributed by atoms with Crippen molar-refractivity contribution in [3.63, 3.8) is 0 Å². The van der Waals surface area contributed by atoms with E-state index in [0.29, 0.717) is 12.1 Å². The van der Waals surface area contributed by atoms with E-state index in [9.17, 15) is 14.7 Å². The monoisotopic (exact) mass is 435 g/mol. The van der Waals surface area contributed by atoms with Gasteiger partial charge >= 0.3 is 0 Å². The Balaban J connectivity index is 1.77. The molecule has 1 unspecified atom stereocenters. The quantitative estimate of drug-likeness (QED) is 0.420. The number of likely N-dealkylation sites (tertiary alicyclic amines) is 2. The summed E-state index contributed by atoms with van der Waals surface area (Å²) in [5, 5.41) is 11.4. The predicted molar refractivity (Wildman–Crippen MR) is 125 cm³/mol. The summed E-state index contributed by atoms with van der Waals surface area (Å²) >= 11 is 0. The Hall–Kier alpha value is -2.86. The maximum absolute atomic E-state index is 13.2. The lowest BCUT2D eigenvalue weighted by Crippen LogP contribution is -2.39. The Bertz CT molecular complexity index is 1060. The van der Waals surface area contributed by atoms with Gasteiger partial charge in [-0.25, -0.2) is 0 Å². The van der Waals surface area contributed by atoms with Crippen molar-refractivity contribution in [2.24, 2.45) is 0 Å². The van der Waals surface area contributed by atoms with E-state index in [4.69, 9.17) is 0 Å². The van der Waals surface area contributed by atoms with Crippen molar-refractivity contribution in [1.29, 1.82) is 0 Å². The number of hydrogen-bond donors (Lipinski definition) is 2. The van der Waals surface area contributed by atoms with Crippen molar-refractivity contribution in [3.8, 4) is 0 Å². The number of aliphatic hydroxyl groups excluding tert-OH is 1. The molecule has 4 rings (SSSR count). The summed E-state index contributed by atoms with van der Waals surface area (Å²) in [6, 6.07) is 7.28. The molecule has 6 heteroatoms. The van der Waals surface area contributed by atoms with Crippen LogP contribution >= 0.6 is 0 Å². The van der Waals surface area contributed by atoms with Crippen molar-refractivity contribution in [1.82, 2.24) is 14.8 Å². The summed E-state index contributed by atoms with van der Waals surface area (Å²) in [6.07, 6.45) is 3.59. The number of piperidine rings is 1. The molecule has 0 radical (unpaired) electrons. The Labute approximate surface area is 189 Å². The summed E-state index contributed by atoms with van der Waals surface area (Å²) in [7, 11) is 0. The van der Waals surface area contributed by atoms with Crippen LogP contribution < -0.4 is 0 Å². The maximum atomic E-state index is 13.2. The van der Waals surface area contributed by atoms with Crippen LogP contribution in [0.3, 0.4) is 0 Å². The van der Waals surface area contributed by atoms with Gasteiger partial charge in [-0.2, -0.15) is 0 Å². The molecule has 6 nitrogen and oxygen atoms in total. The Morgan fingerprint density at radius 2 is 1.62 bits per heavy atom. The minimum Gasteiger partial charge on any atom is -0.507 e. The van der Waals surface area contributed by atoms with Gasteiger partial charge in [-0.3, -0.25) is 9.59 Å². The number of ketones is 1. The van der Waals surface area contributed by atoms with Gasteiger partial charge in [-0.05, 0) is 64.8 Å². The minimum absolute atomic E-state index is 0.0891. The van der Waals surface area contributed by atoms with Crippen LogP contribution in [0.4, 0.5) is 0 Å². The molecule has 1 aromatic heterocycles. The summed E-state index contributed by atoms with van der Waals surface area (Å²) in [6.45, 7) is 11.0. The zero-order chi connectivity index (χ0) is 23.0. The van der Waals surface area contributed by atoms with Gasteiger partial charge in [0.05, 0.1) is 11.6 Å². The van der Waals surface area contributed by atoms with Crippen molar-refractivity contribution < 1.29 is 14.7 Å². The summed E-state index contributed by atoms with van der Waals surface area (Å²) in [5.41, 5.74) is 5.37. The third kappa shape index (κ3) is 3.99. The largest absolute Gasteiger partial charge is 0.507 e. The third-order valence-corrected chi connectivity index (χ3v) is 6.96. The Kier molecular flexibility index (Phi) is 6.24. The minimum atomic E-state index is -0.607. The number of aliphatic hydroxyl groups is 1. The first-order valence-electron chi connectivity index (χ1n) is 11.5. The van der Waals surface area contributed by atoms with Crippen LogP contribution in [0.5, 0.6) is 0 Å². The average Bonchev–Trinajstić information content (AvgIpc) is 3.18. The summed E-state index contributed by atoms with van der Waals surface area (Å²) < 4.78 is 0. The highest BCUT2D eigenvalue weighted by atomic mass is 16.3. The molecule has 1 amide bonds. The molecule has 2 aliphatic heterocycles. The van der Waals surface area contributed by atoms with Gasteiger partial charge < -0.3 is 19.9 Å². The van der Waals surface area contributed by atoms with Gasteiger partial charge in [0.25, 0.3) is 11.7 Å². The van der Waals surface area contributed by atoms with Crippen LogP contribution in [-0.4, -0.2) is 57.8 Å². The number of Topliss-reactive ketones (excluding diaryl/α,β-unsaturated/α-hetero) is 1. The number of H-pyrrole nitrogens is 1. The standard InChI is InChI=1S/C26H33N3O3/c1-16-8-10-20(11-9-16)23-22(24(30)21-17(2)18(3)27-19(21)4)25(31)26(32)29(23)15-14-28-12-6-5-7-13-28/h8-11,23,27,30H,5-7,12-15H2,1-4H3/b24-22+. The van der Waals surface area contributed by atoms with Crippen LogP contribution in [0.2, 0.25) is 0 Å². The first-order valence-corrected chi connectivity index (χ1v) is 11.5. The molecular formula is C26H33N3O3. The number of aromatic amines is 1. The highest BCUT2D eigenvalue weighted by Gasteiger charge is 2.46. The number of nitrogens with zero attached hydrogens (tertiary/aromatic N) is 2. The Morgan fingerprint density at radius 3 is 2.22 bits per heavy atom. The van der Waals surface area contributed by atoms with Gasteiger partial charge in [-0.1, -0.05) is 36.2 Å². The van der Waals surface area contributed by atoms with E-state index in [0.717, 1.165) is 47.7 Å². The average molecular weight is 436 g/mol. The van der Waals surface area contributed by atoms with Crippen molar-refractivity contribution in [2.75, 3.05) is 26.2 Å². The fraction of sp³-hybridized carbons (Fsp3) is 0.462. The number of rotatable bonds is 5. The highest BCUT2D eigenvalue weighted by molar-refractivity contribution is 6.46. The molecule has 3 heterocycles. The van der Waals surface area contributed by atoms with Crippen molar-refractivity contribution >= 4 is 17.4 Å². The van der Waals surface area contributed by atoms with Crippen LogP contribution in [0.15, 0.2) is 29.8 Å². The lowest BCUT2D eigenvalue weighted by atomic mass is 9.93. The van der Waals surface area contributed by atoms with E-state index in [2.05, 4.69) is 9.88 Å². The summed E-state index contributed by atoms with van der Waals surface area (Å²) in [5.74, 6) is -1.23. The third-order valence-electron chi connectivity index (χ3n) is 6.96. The lowest BCUT2D eigenvalue weighted by molar-refractivity contribution is -0.140. The number of aryl methyl sites for hydroxylation is 3. The van der Waals surface area contributed by atoms with Crippen molar-refractivity contribution in [2.45, 2.75) is 53.0 Å². The topological polar surface area (TPSA) is 76.6 Å². The zero-order valence-corrected chi connectivity index (χ0v) is 19.5. The maximum Gasteiger partial charge on any atom is 0.295 e. The van der Waals surface area contributed by atoms with Gasteiger partial charge in [0.2, 0.25) is 0 Å². The molecule has 0 spiro atoms. The number of aromatic nitrogens is 1. The SMILES string of the molecule is Cc1ccc(C2/C(=C(\O)c3c(C)[nH]c(C)c3C)C(=O)C(=O)N2CCN2CCCCC2)cc1. The van der Waals surface area contributed by atoms with Gasteiger partial charge in [0.15, 0.2) is 0 Å². The van der Waals surface area contributed by atoms with E-state index in [1.165, 1.54) is 19.3 Å². The summed E-state index contributed by atoms with van der Waals surface area (Å²) in [4.78, 5) is 33.6. The molecule has 0 saturated carbocycles. The second-order valence-corrected chi connectivity index (χ2v) is 9.18. The molecule has 170 valence electrons. The molecule has 2 N–H and O–H groups in total. The number of carbonyl (C=O) groups excluding carboxylic acids is 2. The molecule has 0 bridgehead atoms. The van der Waals surface area contributed by atoms with Crippen LogP contribution in [0.25, 0.3) is 5.76 Å². The first kappa shape index (κ1) is 22.3. The van der Waals surface area contributed by atoms with Crippen LogP contribution in [0.1, 0.15) is 58.9 Å². The second-order valence-electron chi connectivity index (χ2n) is 9.18. The van der Waals surface area contributed by atoms with Gasteiger partial charge in [-0.15, -0.1) is 0 Å². The molecule has 0 aliphatic carbocycles. The van der Waals surface area contributed by atoms with E-state index in [1.807, 2.05) is 52.0 Å². The second kappa shape index (κ2) is 8.94. The number of amides is 1. The normalized spacial score (nSPS) is 21.5. The number of carbonyl (C=O) groups is 2. The van der Waals surface area contributed by atoms with E-state index in [-0.39, 0.29) is 11.3 Å². The van der Waals surface area contributed by atoms with E-state index < -0.39 is 17.7 Å². The molecule has 1 aromatic carbocycles. The number of nitrogens with one attached hydrogen (secondary N) is 1. The molecule has 32 heavy (non-hydrogen) atoms. The molecular weight excluding hydrogens is 402 g/mol. The highest BCUT2D eigenvalue weighted by Crippen LogP contribution is 2.40. The molecule has 2 saturated heterocycles. The van der Waals surface area contributed by atoms with Gasteiger partial charge in [0, 0.05) is 30.0 Å². The molecule has 1 atom stereocenters. The predicted octanol–water partition coefficient (Wildman–Crippen LogP) is 4.16. The van der Waals surface area contributed by atoms with Crippen LogP contribution in [-0.2, 0) is 9.59 Å². The number of hydrogen-bond acceptors (Lipinski definition) is 4. The fourth-order valence-electron chi connectivity index (χ4n) is 5.03. The fourth-order valence-corrected chi connectivity index (χ4v) is 5.03. The molecule has 2 fully saturated rings. The van der Waals surface area contributed by atoms with E-state index >= 15 is 0 Å². The lowest BCUT2D eigenvalue weighted by Gasteiger charge is -2.31.